The fourth-order valence-corrected chi connectivity index (χ4v) is 4.37. The molecule has 3 aromatic rings. The molecule has 0 radical (unpaired) electrons. The molecule has 8 nitrogen and oxygen atoms in total. The van der Waals surface area contributed by atoms with Crippen molar-refractivity contribution in [2.75, 3.05) is 13.1 Å². The standard InChI is InChI=1S/C24H25N5O3/c25-21(30)18-5-1-16(2-6-18)17-3-7-19(8-4-17)22-26-27-24(32)29(22)14-15-11-12-28(13-15)23(31)20-9-10-20/h1-8,15,20H,9-14H2,(H2,25,30)(H,27,32)/t15-/m1/s1. The van der Waals surface area contributed by atoms with Gasteiger partial charge in [-0.15, -0.1) is 0 Å². The molecule has 8 heteroatoms. The number of likely N-dealkylation sites (tertiary alicyclic amines) is 1. The van der Waals surface area contributed by atoms with Crippen molar-refractivity contribution in [2.24, 2.45) is 17.6 Å². The Morgan fingerprint density at radius 3 is 2.22 bits per heavy atom. The summed E-state index contributed by atoms with van der Waals surface area (Å²) in [7, 11) is 0. The zero-order chi connectivity index (χ0) is 22.2. The van der Waals surface area contributed by atoms with Gasteiger partial charge in [0.1, 0.15) is 0 Å². The number of nitrogens with two attached hydrogens (primary N) is 1. The second-order valence-electron chi connectivity index (χ2n) is 8.70. The summed E-state index contributed by atoms with van der Waals surface area (Å²) in [6.45, 7) is 2.01. The van der Waals surface area contributed by atoms with Crippen LogP contribution in [0.5, 0.6) is 0 Å². The molecular formula is C24H25N5O3. The van der Waals surface area contributed by atoms with Crippen LogP contribution in [0.1, 0.15) is 29.6 Å². The first-order valence-electron chi connectivity index (χ1n) is 10.9. The summed E-state index contributed by atoms with van der Waals surface area (Å²) < 4.78 is 1.67. The number of aromatic amines is 1. The topological polar surface area (TPSA) is 114 Å². The summed E-state index contributed by atoms with van der Waals surface area (Å²) in [5.41, 5.74) is 8.32. The van der Waals surface area contributed by atoms with Gasteiger partial charge in [-0.2, -0.15) is 5.10 Å². The second-order valence-corrected chi connectivity index (χ2v) is 8.70. The Morgan fingerprint density at radius 2 is 1.59 bits per heavy atom. The monoisotopic (exact) mass is 431 g/mol. The van der Waals surface area contributed by atoms with Gasteiger partial charge in [-0.1, -0.05) is 36.4 Å². The molecule has 164 valence electrons. The van der Waals surface area contributed by atoms with Gasteiger partial charge < -0.3 is 10.6 Å². The van der Waals surface area contributed by atoms with Gasteiger partial charge in [-0.25, -0.2) is 9.89 Å². The van der Waals surface area contributed by atoms with Crippen molar-refractivity contribution < 1.29 is 9.59 Å². The van der Waals surface area contributed by atoms with E-state index in [9.17, 15) is 14.4 Å². The number of hydrogen-bond donors (Lipinski definition) is 2. The largest absolute Gasteiger partial charge is 0.366 e. The van der Waals surface area contributed by atoms with Gasteiger partial charge in [0.05, 0.1) is 0 Å². The van der Waals surface area contributed by atoms with Crippen LogP contribution < -0.4 is 11.4 Å². The van der Waals surface area contributed by atoms with Gasteiger partial charge in [-0.3, -0.25) is 14.2 Å². The van der Waals surface area contributed by atoms with E-state index in [0.29, 0.717) is 24.5 Å². The third kappa shape index (κ3) is 3.95. The SMILES string of the molecule is NC(=O)c1ccc(-c2ccc(-c3n[nH]c(=O)n3C[C@@H]3CCN(C(=O)C4CC4)C3)cc2)cc1. The molecule has 1 saturated heterocycles. The van der Waals surface area contributed by atoms with Crippen LogP contribution in [0.15, 0.2) is 53.3 Å². The highest BCUT2D eigenvalue weighted by Crippen LogP contribution is 2.33. The summed E-state index contributed by atoms with van der Waals surface area (Å²) in [6, 6.07) is 14.9. The molecule has 0 unspecified atom stereocenters. The van der Waals surface area contributed by atoms with Crippen molar-refractivity contribution in [3.8, 4) is 22.5 Å². The maximum absolute atomic E-state index is 12.4. The van der Waals surface area contributed by atoms with Crippen LogP contribution in [-0.4, -0.2) is 44.6 Å². The van der Waals surface area contributed by atoms with Crippen molar-refractivity contribution in [2.45, 2.75) is 25.8 Å². The van der Waals surface area contributed by atoms with E-state index in [4.69, 9.17) is 5.73 Å². The molecule has 2 aliphatic rings. The number of rotatable bonds is 6. The molecule has 3 N–H and O–H groups in total. The Bertz CT molecular complexity index is 1210. The molecule has 1 aromatic heterocycles. The highest BCUT2D eigenvalue weighted by molar-refractivity contribution is 5.93. The Labute approximate surface area is 185 Å². The number of H-pyrrole nitrogens is 1. The zero-order valence-corrected chi connectivity index (χ0v) is 17.7. The summed E-state index contributed by atoms with van der Waals surface area (Å²) >= 11 is 0. The maximum Gasteiger partial charge on any atom is 0.343 e. The zero-order valence-electron chi connectivity index (χ0n) is 17.7. The lowest BCUT2D eigenvalue weighted by Crippen LogP contribution is -2.31. The van der Waals surface area contributed by atoms with Gasteiger partial charge in [0.2, 0.25) is 11.8 Å². The third-order valence-electron chi connectivity index (χ3n) is 6.37. The molecule has 32 heavy (non-hydrogen) atoms. The number of amides is 2. The minimum absolute atomic E-state index is 0.228. The van der Waals surface area contributed by atoms with Gasteiger partial charge in [0.25, 0.3) is 0 Å². The van der Waals surface area contributed by atoms with Crippen LogP contribution in [0.3, 0.4) is 0 Å². The first-order valence-corrected chi connectivity index (χ1v) is 10.9. The Hall–Kier alpha value is -3.68. The number of aromatic nitrogens is 3. The molecule has 1 aliphatic heterocycles. The normalized spacial score (nSPS) is 18.1. The molecule has 5 rings (SSSR count). The number of benzene rings is 2. The first-order chi connectivity index (χ1) is 15.5. The summed E-state index contributed by atoms with van der Waals surface area (Å²) in [4.78, 5) is 38.0. The fraction of sp³-hybridized carbons (Fsp3) is 0.333. The highest BCUT2D eigenvalue weighted by atomic mass is 16.2. The van der Waals surface area contributed by atoms with E-state index in [1.165, 1.54) is 0 Å². The van der Waals surface area contributed by atoms with E-state index < -0.39 is 5.91 Å². The van der Waals surface area contributed by atoms with Crippen LogP contribution >= 0.6 is 0 Å². The first kappa shape index (κ1) is 20.2. The van der Waals surface area contributed by atoms with E-state index in [1.807, 2.05) is 41.3 Å². The minimum atomic E-state index is -0.453. The van der Waals surface area contributed by atoms with Crippen LogP contribution in [0, 0.1) is 11.8 Å². The van der Waals surface area contributed by atoms with Gasteiger partial charge >= 0.3 is 5.69 Å². The summed E-state index contributed by atoms with van der Waals surface area (Å²) in [6.07, 6.45) is 2.92. The van der Waals surface area contributed by atoms with E-state index in [0.717, 1.165) is 42.5 Å². The van der Waals surface area contributed by atoms with Crippen molar-refractivity contribution >= 4 is 11.8 Å². The summed E-state index contributed by atoms with van der Waals surface area (Å²) in [5, 5.41) is 6.82. The van der Waals surface area contributed by atoms with E-state index in [-0.39, 0.29) is 23.4 Å². The smallest absolute Gasteiger partial charge is 0.343 e. The Balaban J connectivity index is 1.32. The third-order valence-corrected chi connectivity index (χ3v) is 6.37. The lowest BCUT2D eigenvalue weighted by molar-refractivity contribution is -0.131. The van der Waals surface area contributed by atoms with Crippen LogP contribution in [0.25, 0.3) is 22.5 Å². The minimum Gasteiger partial charge on any atom is -0.366 e. The highest BCUT2D eigenvalue weighted by Gasteiger charge is 2.36. The lowest BCUT2D eigenvalue weighted by Gasteiger charge is -2.16. The predicted octanol–water partition coefficient (Wildman–Crippen LogP) is 2.26. The number of hydrogen-bond acceptors (Lipinski definition) is 4. The maximum atomic E-state index is 12.4. The molecule has 1 saturated carbocycles. The number of nitrogens with zero attached hydrogens (tertiary/aromatic N) is 3. The van der Waals surface area contributed by atoms with Crippen molar-refractivity contribution in [3.63, 3.8) is 0 Å². The van der Waals surface area contributed by atoms with Crippen LogP contribution in [0.4, 0.5) is 0 Å². The molecule has 2 amide bonds. The summed E-state index contributed by atoms with van der Waals surface area (Å²) in [5.74, 6) is 0.885. The second kappa shape index (κ2) is 8.11. The molecule has 2 aromatic carbocycles. The average Bonchev–Trinajstić information content (AvgIpc) is 3.46. The molecule has 1 aliphatic carbocycles. The van der Waals surface area contributed by atoms with Gasteiger partial charge in [0.15, 0.2) is 5.82 Å². The number of carbonyl (C=O) groups excluding carboxylic acids is 2. The molecule has 2 heterocycles. The number of primary amides is 1. The number of nitrogens with one attached hydrogen (secondary N) is 1. The van der Waals surface area contributed by atoms with E-state index >= 15 is 0 Å². The molecule has 2 fully saturated rings. The predicted molar refractivity (Wildman–Crippen MR) is 120 cm³/mol. The molecular weight excluding hydrogens is 406 g/mol. The lowest BCUT2D eigenvalue weighted by atomic mass is 10.0. The number of carbonyl (C=O) groups is 2. The fourth-order valence-electron chi connectivity index (χ4n) is 4.37. The van der Waals surface area contributed by atoms with Gasteiger partial charge in [-0.05, 0) is 48.4 Å². The van der Waals surface area contributed by atoms with Crippen molar-refractivity contribution in [3.05, 3.63) is 64.6 Å². The Kier molecular flexibility index (Phi) is 5.13. The van der Waals surface area contributed by atoms with Crippen molar-refractivity contribution in [1.82, 2.24) is 19.7 Å². The Morgan fingerprint density at radius 1 is 0.969 bits per heavy atom. The molecule has 0 spiro atoms. The average molecular weight is 431 g/mol. The van der Waals surface area contributed by atoms with E-state index in [2.05, 4.69) is 10.2 Å². The quantitative estimate of drug-likeness (QED) is 0.623. The van der Waals surface area contributed by atoms with Crippen LogP contribution in [-0.2, 0) is 11.3 Å². The molecule has 1 atom stereocenters. The van der Waals surface area contributed by atoms with Gasteiger partial charge in [0, 0.05) is 36.7 Å². The van der Waals surface area contributed by atoms with Crippen molar-refractivity contribution in [1.29, 1.82) is 0 Å². The van der Waals surface area contributed by atoms with Crippen LogP contribution in [0.2, 0.25) is 0 Å². The molecule has 0 bridgehead atoms. The van der Waals surface area contributed by atoms with E-state index in [1.54, 1.807) is 16.7 Å².